The summed E-state index contributed by atoms with van der Waals surface area (Å²) in [7, 11) is -0.827. The first-order chi connectivity index (χ1) is 11.2. The molecule has 2 unspecified atom stereocenters. The van der Waals surface area contributed by atoms with Gasteiger partial charge in [0, 0.05) is 14.1 Å². The second kappa shape index (κ2) is 5.75. The molecule has 0 saturated carbocycles. The van der Waals surface area contributed by atoms with Gasteiger partial charge < -0.3 is 4.74 Å². The lowest BCUT2D eigenvalue weighted by molar-refractivity contribution is -0.123. The molecule has 24 heavy (non-hydrogen) atoms. The van der Waals surface area contributed by atoms with Gasteiger partial charge in [-0.15, -0.1) is 0 Å². The van der Waals surface area contributed by atoms with Crippen molar-refractivity contribution in [1.29, 1.82) is 0 Å². The Labute approximate surface area is 139 Å². The first kappa shape index (κ1) is 16.7. The van der Waals surface area contributed by atoms with Gasteiger partial charge in [-0.05, 0) is 31.5 Å². The molecule has 1 saturated heterocycles. The fraction of sp³-hybridized carbons (Fsp3) is 0.467. The normalized spacial score (nSPS) is 21.3. The second-order valence-electron chi connectivity index (χ2n) is 6.10. The number of ether oxygens (including phenoxy) is 1. The van der Waals surface area contributed by atoms with E-state index in [1.54, 1.807) is 20.2 Å². The molecule has 0 spiro atoms. The molecule has 2 aromatic rings. The molecule has 2 heterocycles. The number of amides is 1. The van der Waals surface area contributed by atoms with Crippen molar-refractivity contribution in [2.75, 3.05) is 6.61 Å². The highest BCUT2D eigenvalue weighted by atomic mass is 32.2. The Morgan fingerprint density at radius 2 is 1.92 bits per heavy atom. The number of carbonyl (C=O) groups is 1. The first-order valence-corrected chi connectivity index (χ1v) is 9.03. The van der Waals surface area contributed by atoms with Gasteiger partial charge in [0.15, 0.2) is 0 Å². The number of benzene rings is 1. The second-order valence-corrected chi connectivity index (χ2v) is 7.78. The van der Waals surface area contributed by atoms with Crippen LogP contribution in [0.3, 0.4) is 0 Å². The lowest BCUT2D eigenvalue weighted by atomic mass is 10.1. The summed E-state index contributed by atoms with van der Waals surface area (Å²) in [6.45, 7) is 2.06. The SMILES string of the molecule is CC1CC(C(=O)NS(=O)(=O)c2ccc3c(c2)n(C)c(=O)n3C)CO1. The highest BCUT2D eigenvalue weighted by molar-refractivity contribution is 7.90. The highest BCUT2D eigenvalue weighted by Gasteiger charge is 2.31. The quantitative estimate of drug-likeness (QED) is 0.844. The smallest absolute Gasteiger partial charge is 0.328 e. The van der Waals surface area contributed by atoms with Crippen molar-refractivity contribution in [2.45, 2.75) is 24.3 Å². The minimum Gasteiger partial charge on any atom is -0.378 e. The topological polar surface area (TPSA) is 99.4 Å². The summed E-state index contributed by atoms with van der Waals surface area (Å²) in [5.74, 6) is -1.04. The number of aromatic nitrogens is 2. The Morgan fingerprint density at radius 3 is 2.54 bits per heavy atom. The van der Waals surface area contributed by atoms with E-state index in [0.717, 1.165) is 0 Å². The molecule has 1 aliphatic rings. The van der Waals surface area contributed by atoms with E-state index in [1.165, 1.54) is 21.3 Å². The van der Waals surface area contributed by atoms with Gasteiger partial charge in [-0.3, -0.25) is 13.9 Å². The number of hydrogen-bond acceptors (Lipinski definition) is 5. The van der Waals surface area contributed by atoms with Crippen molar-refractivity contribution in [1.82, 2.24) is 13.9 Å². The summed E-state index contributed by atoms with van der Waals surface area (Å²) < 4.78 is 35.1. The minimum absolute atomic E-state index is 0.0568. The van der Waals surface area contributed by atoms with Crippen molar-refractivity contribution in [3.8, 4) is 0 Å². The summed E-state index contributed by atoms with van der Waals surface area (Å²) in [5.41, 5.74) is 0.849. The maximum Gasteiger partial charge on any atom is 0.328 e. The van der Waals surface area contributed by atoms with E-state index in [-0.39, 0.29) is 23.3 Å². The number of nitrogens with one attached hydrogen (secondary N) is 1. The summed E-state index contributed by atoms with van der Waals surface area (Å²) >= 11 is 0. The molecule has 2 atom stereocenters. The zero-order valence-corrected chi connectivity index (χ0v) is 14.5. The maximum atomic E-state index is 12.5. The van der Waals surface area contributed by atoms with Crippen LogP contribution in [0.1, 0.15) is 13.3 Å². The number of carbonyl (C=O) groups excluding carboxylic acids is 1. The van der Waals surface area contributed by atoms with Crippen molar-refractivity contribution < 1.29 is 17.9 Å². The Morgan fingerprint density at radius 1 is 1.25 bits per heavy atom. The van der Waals surface area contributed by atoms with Crippen LogP contribution in [-0.4, -0.2) is 36.2 Å². The minimum atomic E-state index is -4.01. The summed E-state index contributed by atoms with van der Waals surface area (Å²) in [6.07, 6.45) is 0.437. The molecule has 9 heteroatoms. The molecule has 1 fully saturated rings. The zero-order valence-electron chi connectivity index (χ0n) is 13.6. The number of aryl methyl sites for hydroxylation is 2. The van der Waals surface area contributed by atoms with Crippen LogP contribution in [-0.2, 0) is 33.7 Å². The van der Waals surface area contributed by atoms with E-state index in [4.69, 9.17) is 4.74 Å². The fourth-order valence-electron chi connectivity index (χ4n) is 2.93. The van der Waals surface area contributed by atoms with Crippen molar-refractivity contribution in [3.63, 3.8) is 0 Å². The Balaban J connectivity index is 1.92. The van der Waals surface area contributed by atoms with E-state index in [0.29, 0.717) is 17.5 Å². The molecule has 1 aromatic carbocycles. The molecule has 0 radical (unpaired) electrons. The maximum absolute atomic E-state index is 12.5. The van der Waals surface area contributed by atoms with E-state index in [1.807, 2.05) is 6.92 Å². The summed E-state index contributed by atoms with van der Waals surface area (Å²) in [5, 5.41) is 0. The average Bonchev–Trinajstić information content (AvgIpc) is 3.05. The van der Waals surface area contributed by atoms with Crippen LogP contribution < -0.4 is 10.4 Å². The number of nitrogens with zero attached hydrogens (tertiary/aromatic N) is 2. The predicted octanol–water partition coefficient (Wildman–Crippen LogP) is 0.107. The lowest BCUT2D eigenvalue weighted by Gasteiger charge is -2.10. The van der Waals surface area contributed by atoms with Crippen LogP contribution in [0.25, 0.3) is 11.0 Å². The number of rotatable bonds is 3. The van der Waals surface area contributed by atoms with Crippen LogP contribution in [0.2, 0.25) is 0 Å². The average molecular weight is 353 g/mol. The Hall–Kier alpha value is -2.13. The van der Waals surface area contributed by atoms with Crippen molar-refractivity contribution in [3.05, 3.63) is 28.7 Å². The molecule has 1 aliphatic heterocycles. The van der Waals surface area contributed by atoms with Gasteiger partial charge in [0.25, 0.3) is 10.0 Å². The zero-order chi connectivity index (χ0) is 17.6. The Kier molecular flexibility index (Phi) is 4.00. The third-order valence-corrected chi connectivity index (χ3v) is 5.70. The van der Waals surface area contributed by atoms with Crippen molar-refractivity contribution >= 4 is 27.0 Å². The molecule has 1 aromatic heterocycles. The standard InChI is InChI=1S/C15H19N3O5S/c1-9-6-10(8-23-9)14(19)16-24(21,22)11-4-5-12-13(7-11)18(3)15(20)17(12)2/h4-5,7,9-10H,6,8H2,1-3H3,(H,16,19). The van der Waals surface area contributed by atoms with Crippen LogP contribution >= 0.6 is 0 Å². The van der Waals surface area contributed by atoms with Crippen LogP contribution in [0.5, 0.6) is 0 Å². The summed E-state index contributed by atoms with van der Waals surface area (Å²) in [6, 6.07) is 4.32. The van der Waals surface area contributed by atoms with Gasteiger partial charge in [0.05, 0.1) is 34.6 Å². The summed E-state index contributed by atoms with van der Waals surface area (Å²) in [4.78, 5) is 24.0. The molecule has 130 valence electrons. The molecule has 8 nitrogen and oxygen atoms in total. The number of hydrogen-bond donors (Lipinski definition) is 1. The fourth-order valence-corrected chi connectivity index (χ4v) is 3.99. The molecular weight excluding hydrogens is 334 g/mol. The van der Waals surface area contributed by atoms with E-state index in [2.05, 4.69) is 4.72 Å². The molecule has 1 N–H and O–H groups in total. The van der Waals surface area contributed by atoms with Gasteiger partial charge in [0.1, 0.15) is 0 Å². The van der Waals surface area contributed by atoms with Gasteiger partial charge >= 0.3 is 5.69 Å². The molecule has 0 bridgehead atoms. The van der Waals surface area contributed by atoms with Crippen LogP contribution in [0, 0.1) is 5.92 Å². The molecule has 0 aliphatic carbocycles. The molecule has 1 amide bonds. The van der Waals surface area contributed by atoms with Crippen LogP contribution in [0.15, 0.2) is 27.9 Å². The van der Waals surface area contributed by atoms with E-state index >= 15 is 0 Å². The van der Waals surface area contributed by atoms with Gasteiger partial charge in [-0.1, -0.05) is 0 Å². The number of fused-ring (bicyclic) bond motifs is 1. The monoisotopic (exact) mass is 353 g/mol. The van der Waals surface area contributed by atoms with Crippen LogP contribution in [0.4, 0.5) is 0 Å². The van der Waals surface area contributed by atoms with Gasteiger partial charge in [-0.2, -0.15) is 0 Å². The largest absolute Gasteiger partial charge is 0.378 e. The van der Waals surface area contributed by atoms with Crippen molar-refractivity contribution in [2.24, 2.45) is 20.0 Å². The van der Waals surface area contributed by atoms with Gasteiger partial charge in [0.2, 0.25) is 5.91 Å². The third-order valence-electron chi connectivity index (χ3n) is 4.36. The third kappa shape index (κ3) is 2.73. The molecular formula is C15H19N3O5S. The number of sulfonamides is 1. The van der Waals surface area contributed by atoms with Gasteiger partial charge in [-0.25, -0.2) is 17.9 Å². The molecule has 3 rings (SSSR count). The first-order valence-electron chi connectivity index (χ1n) is 7.54. The lowest BCUT2D eigenvalue weighted by Crippen LogP contribution is -2.36. The number of imidazole rings is 1. The predicted molar refractivity (Wildman–Crippen MR) is 87.0 cm³/mol. The van der Waals surface area contributed by atoms with E-state index in [9.17, 15) is 18.0 Å². The highest BCUT2D eigenvalue weighted by Crippen LogP contribution is 2.21. The van der Waals surface area contributed by atoms with E-state index < -0.39 is 21.8 Å². The Bertz CT molecular complexity index is 973.